The second-order valence-electron chi connectivity index (χ2n) is 11.3. The molecule has 0 unspecified atom stereocenters. The molecule has 2 aromatic carbocycles. The second-order valence-corrected chi connectivity index (χ2v) is 11.3. The van der Waals surface area contributed by atoms with Crippen LogP contribution in [-0.2, 0) is 0 Å². The first kappa shape index (κ1) is 25.6. The predicted octanol–water partition coefficient (Wildman–Crippen LogP) is 8.65. The van der Waals surface area contributed by atoms with E-state index in [1.807, 2.05) is 0 Å². The molecule has 0 bridgehead atoms. The van der Waals surface area contributed by atoms with Crippen LogP contribution >= 0.6 is 0 Å². The minimum Gasteiger partial charge on any atom is -0.250 e. The van der Waals surface area contributed by atoms with Gasteiger partial charge in [0.2, 0.25) is 0 Å². The lowest BCUT2D eigenvalue weighted by Gasteiger charge is -2.25. The summed E-state index contributed by atoms with van der Waals surface area (Å²) in [7, 11) is 0. The molecule has 178 valence electrons. The Hall–Kier alpha value is -3.07. The zero-order chi connectivity index (χ0) is 25.3. The van der Waals surface area contributed by atoms with Gasteiger partial charge in [-0.3, -0.25) is 9.98 Å². The van der Waals surface area contributed by atoms with Gasteiger partial charge in [-0.25, -0.2) is 4.98 Å². The fraction of sp³-hybridized carbons (Fsp3) is 0.387. The van der Waals surface area contributed by atoms with E-state index in [1.165, 1.54) is 22.3 Å². The van der Waals surface area contributed by atoms with Crippen molar-refractivity contribution in [2.45, 2.75) is 69.2 Å². The molecule has 3 heteroatoms. The Morgan fingerprint density at radius 1 is 0.529 bits per heavy atom. The third-order valence-electron chi connectivity index (χ3n) is 5.98. The summed E-state index contributed by atoms with van der Waals surface area (Å²) in [4.78, 5) is 15.5. The van der Waals surface area contributed by atoms with Crippen molar-refractivity contribution in [3.05, 3.63) is 88.2 Å². The molecule has 0 spiro atoms. The lowest BCUT2D eigenvalue weighted by atomic mass is 9.85. The molecule has 0 amide bonds. The van der Waals surface area contributed by atoms with Gasteiger partial charge in [-0.05, 0) is 62.1 Å². The molecule has 0 aliphatic carbocycles. The summed E-state index contributed by atoms with van der Waals surface area (Å²) in [5.41, 5.74) is 10.1. The molecular weight excluding hydrogens is 414 g/mol. The Bertz CT molecular complexity index is 1110. The molecule has 0 radical (unpaired) electrons. The van der Waals surface area contributed by atoms with E-state index in [0.717, 1.165) is 34.2 Å². The summed E-state index contributed by atoms with van der Waals surface area (Å²) < 4.78 is 0. The van der Waals surface area contributed by atoms with Crippen molar-refractivity contribution in [2.24, 2.45) is 20.8 Å². The van der Waals surface area contributed by atoms with Crippen LogP contribution in [0.1, 0.15) is 75.2 Å². The molecule has 1 heterocycles. The average Bonchev–Trinajstić information content (AvgIpc) is 2.71. The van der Waals surface area contributed by atoms with Crippen molar-refractivity contribution in [1.82, 2.24) is 4.98 Å². The van der Waals surface area contributed by atoms with Crippen LogP contribution in [0.2, 0.25) is 0 Å². The quantitative estimate of drug-likeness (QED) is 0.364. The highest BCUT2D eigenvalue weighted by Crippen LogP contribution is 2.32. The van der Waals surface area contributed by atoms with E-state index in [9.17, 15) is 0 Å². The van der Waals surface area contributed by atoms with Gasteiger partial charge in [-0.2, -0.15) is 0 Å². The number of pyridine rings is 1. The molecule has 0 aliphatic rings. The maximum Gasteiger partial charge on any atom is 0.0858 e. The van der Waals surface area contributed by atoms with E-state index in [1.54, 1.807) is 0 Å². The molecule has 34 heavy (non-hydrogen) atoms. The average molecular weight is 454 g/mol. The van der Waals surface area contributed by atoms with Crippen LogP contribution in [0.4, 0.5) is 11.4 Å². The summed E-state index contributed by atoms with van der Waals surface area (Å²) in [6.07, 6.45) is 0. The molecule has 1 aromatic heterocycles. The molecule has 3 nitrogen and oxygen atoms in total. The normalized spacial score (nSPS) is 13.4. The first-order valence-electron chi connectivity index (χ1n) is 12.1. The van der Waals surface area contributed by atoms with Crippen LogP contribution in [0.5, 0.6) is 0 Å². The highest BCUT2D eigenvalue weighted by molar-refractivity contribution is 6.07. The summed E-state index contributed by atoms with van der Waals surface area (Å²) in [6.45, 7) is 21.6. The van der Waals surface area contributed by atoms with Crippen LogP contribution in [-0.4, -0.2) is 16.4 Å². The molecule has 0 saturated carbocycles. The number of hydrogen-bond acceptors (Lipinski definition) is 3. The fourth-order valence-corrected chi connectivity index (χ4v) is 4.10. The number of benzene rings is 2. The van der Waals surface area contributed by atoms with Crippen LogP contribution < -0.4 is 0 Å². The first-order valence-corrected chi connectivity index (χ1v) is 12.1. The van der Waals surface area contributed by atoms with Gasteiger partial charge in [-0.1, -0.05) is 84.0 Å². The van der Waals surface area contributed by atoms with E-state index < -0.39 is 0 Å². The van der Waals surface area contributed by atoms with Crippen LogP contribution in [0.25, 0.3) is 0 Å². The van der Waals surface area contributed by atoms with Gasteiger partial charge in [0, 0.05) is 10.8 Å². The van der Waals surface area contributed by atoms with Crippen molar-refractivity contribution in [2.75, 3.05) is 0 Å². The molecule has 0 N–H and O–H groups in total. The highest BCUT2D eigenvalue weighted by atomic mass is 14.9. The van der Waals surface area contributed by atoms with Crippen LogP contribution in [0.15, 0.2) is 64.6 Å². The number of rotatable bonds is 4. The third-order valence-corrected chi connectivity index (χ3v) is 5.98. The van der Waals surface area contributed by atoms with Gasteiger partial charge in [-0.15, -0.1) is 0 Å². The van der Waals surface area contributed by atoms with Crippen molar-refractivity contribution >= 4 is 22.8 Å². The van der Waals surface area contributed by atoms with E-state index in [4.69, 9.17) is 15.0 Å². The summed E-state index contributed by atoms with van der Waals surface area (Å²) in [5.74, 6) is 0. The topological polar surface area (TPSA) is 37.6 Å². The van der Waals surface area contributed by atoms with Crippen LogP contribution in [0, 0.1) is 38.5 Å². The van der Waals surface area contributed by atoms with Crippen molar-refractivity contribution < 1.29 is 0 Å². The van der Waals surface area contributed by atoms with Crippen molar-refractivity contribution in [3.8, 4) is 0 Å². The Morgan fingerprint density at radius 3 is 1.12 bits per heavy atom. The van der Waals surface area contributed by atoms with E-state index in [-0.39, 0.29) is 10.8 Å². The first-order chi connectivity index (χ1) is 15.8. The molecule has 3 rings (SSSR count). The maximum atomic E-state index is 5.19. The van der Waals surface area contributed by atoms with Gasteiger partial charge in [0.1, 0.15) is 0 Å². The highest BCUT2D eigenvalue weighted by Gasteiger charge is 2.26. The Morgan fingerprint density at radius 2 is 0.824 bits per heavy atom. The van der Waals surface area contributed by atoms with Gasteiger partial charge in [0.25, 0.3) is 0 Å². The standard InChI is InChI=1S/C31H39N3/c1-20-14-11-15-21(2)26(20)33-28(30(5,6)7)24-18-13-19-25(32-24)29(31(8,9)10)34-27-22(3)16-12-17-23(27)4/h11-19H,1-10H3. The van der Waals surface area contributed by atoms with Gasteiger partial charge < -0.3 is 0 Å². The van der Waals surface area contributed by atoms with E-state index in [2.05, 4.69) is 124 Å². The van der Waals surface area contributed by atoms with Crippen molar-refractivity contribution in [1.29, 1.82) is 0 Å². The van der Waals surface area contributed by atoms with Crippen molar-refractivity contribution in [3.63, 3.8) is 0 Å². The Balaban J connectivity index is 2.23. The number of nitrogens with zero attached hydrogens (tertiary/aromatic N) is 3. The summed E-state index contributed by atoms with van der Waals surface area (Å²) in [6, 6.07) is 18.8. The number of para-hydroxylation sites is 2. The molecule has 3 aromatic rings. The largest absolute Gasteiger partial charge is 0.250 e. The fourth-order valence-electron chi connectivity index (χ4n) is 4.10. The Kier molecular flexibility index (Phi) is 7.26. The molecule has 0 fully saturated rings. The monoisotopic (exact) mass is 453 g/mol. The number of aryl methyl sites for hydroxylation is 4. The zero-order valence-corrected chi connectivity index (χ0v) is 22.5. The molecule has 0 atom stereocenters. The van der Waals surface area contributed by atoms with E-state index >= 15 is 0 Å². The third kappa shape index (κ3) is 5.70. The minimum absolute atomic E-state index is 0.175. The smallest absolute Gasteiger partial charge is 0.0858 e. The lowest BCUT2D eigenvalue weighted by molar-refractivity contribution is 0.587. The Labute approximate surface area is 206 Å². The number of hydrogen-bond donors (Lipinski definition) is 0. The minimum atomic E-state index is -0.175. The van der Waals surface area contributed by atoms with Gasteiger partial charge in [0.15, 0.2) is 0 Å². The predicted molar refractivity (Wildman–Crippen MR) is 147 cm³/mol. The number of aromatic nitrogens is 1. The summed E-state index contributed by atoms with van der Waals surface area (Å²) in [5, 5.41) is 0. The van der Waals surface area contributed by atoms with Gasteiger partial charge >= 0.3 is 0 Å². The van der Waals surface area contributed by atoms with Crippen LogP contribution in [0.3, 0.4) is 0 Å². The molecular formula is C31H39N3. The lowest BCUT2D eigenvalue weighted by Crippen LogP contribution is -2.26. The zero-order valence-electron chi connectivity index (χ0n) is 22.5. The summed E-state index contributed by atoms with van der Waals surface area (Å²) >= 11 is 0. The SMILES string of the molecule is Cc1cccc(C)c1N=C(c1cccc(C(=Nc2c(C)cccc2C)C(C)(C)C)n1)C(C)(C)C. The van der Waals surface area contributed by atoms with E-state index in [0.29, 0.717) is 0 Å². The maximum absolute atomic E-state index is 5.19. The van der Waals surface area contributed by atoms with Gasteiger partial charge in [0.05, 0.1) is 34.2 Å². The molecule has 0 saturated heterocycles. The molecule has 0 aliphatic heterocycles. The second kappa shape index (κ2) is 9.66. The number of aliphatic imine (C=N–C) groups is 2.